The summed E-state index contributed by atoms with van der Waals surface area (Å²) in [6.45, 7) is 2.58. The molecule has 0 saturated carbocycles. The van der Waals surface area contributed by atoms with Crippen LogP contribution in [0.3, 0.4) is 0 Å². The van der Waals surface area contributed by atoms with E-state index in [0.29, 0.717) is 17.5 Å². The van der Waals surface area contributed by atoms with E-state index in [1.54, 1.807) is 11.3 Å². The van der Waals surface area contributed by atoms with Gasteiger partial charge < -0.3 is 5.32 Å². The first-order valence-corrected chi connectivity index (χ1v) is 7.05. The standard InChI is InChI=1S/C13H11ClN4S/c1-8-16-9(7-19-8)6-15-13-12(14)17-10-4-2-3-5-11(10)18-13/h2-5,7H,6H2,1H3,(H,15,18). The highest BCUT2D eigenvalue weighted by molar-refractivity contribution is 7.09. The van der Waals surface area contributed by atoms with Crippen LogP contribution in [0.15, 0.2) is 29.6 Å². The maximum atomic E-state index is 6.12. The quantitative estimate of drug-likeness (QED) is 0.800. The van der Waals surface area contributed by atoms with Gasteiger partial charge in [-0.1, -0.05) is 23.7 Å². The van der Waals surface area contributed by atoms with Gasteiger partial charge in [0.1, 0.15) is 0 Å². The third kappa shape index (κ3) is 2.67. The van der Waals surface area contributed by atoms with Gasteiger partial charge >= 0.3 is 0 Å². The second-order valence-corrected chi connectivity index (χ2v) is 5.48. The second kappa shape index (κ2) is 5.11. The molecule has 0 radical (unpaired) electrons. The summed E-state index contributed by atoms with van der Waals surface area (Å²) in [7, 11) is 0. The lowest BCUT2D eigenvalue weighted by Gasteiger charge is -2.06. The fourth-order valence-corrected chi connectivity index (χ4v) is 2.57. The van der Waals surface area contributed by atoms with Crippen LogP contribution in [-0.4, -0.2) is 15.0 Å². The topological polar surface area (TPSA) is 50.7 Å². The van der Waals surface area contributed by atoms with Crippen molar-refractivity contribution in [2.45, 2.75) is 13.5 Å². The number of fused-ring (bicyclic) bond motifs is 1. The maximum Gasteiger partial charge on any atom is 0.172 e. The lowest BCUT2D eigenvalue weighted by atomic mass is 10.3. The van der Waals surface area contributed by atoms with Crippen LogP contribution < -0.4 is 5.32 Å². The molecular weight excluding hydrogens is 280 g/mol. The van der Waals surface area contributed by atoms with Crippen molar-refractivity contribution in [2.24, 2.45) is 0 Å². The van der Waals surface area contributed by atoms with Crippen molar-refractivity contribution in [1.29, 1.82) is 0 Å². The number of rotatable bonds is 3. The molecule has 0 saturated heterocycles. The minimum absolute atomic E-state index is 0.380. The second-order valence-electron chi connectivity index (χ2n) is 4.06. The smallest absolute Gasteiger partial charge is 0.172 e. The van der Waals surface area contributed by atoms with Crippen LogP contribution >= 0.6 is 22.9 Å². The predicted molar refractivity (Wildman–Crippen MR) is 78.7 cm³/mol. The normalized spacial score (nSPS) is 10.8. The molecule has 0 spiro atoms. The van der Waals surface area contributed by atoms with E-state index in [2.05, 4.69) is 20.3 Å². The number of benzene rings is 1. The summed E-state index contributed by atoms with van der Waals surface area (Å²) in [6.07, 6.45) is 0. The van der Waals surface area contributed by atoms with Crippen LogP contribution in [0, 0.1) is 6.92 Å². The van der Waals surface area contributed by atoms with E-state index in [0.717, 1.165) is 21.7 Å². The van der Waals surface area contributed by atoms with Crippen LogP contribution in [0.5, 0.6) is 0 Å². The number of nitrogens with one attached hydrogen (secondary N) is 1. The molecule has 0 atom stereocenters. The Hall–Kier alpha value is -1.72. The number of para-hydroxylation sites is 2. The van der Waals surface area contributed by atoms with E-state index in [1.165, 1.54) is 0 Å². The molecule has 6 heteroatoms. The van der Waals surface area contributed by atoms with Crippen molar-refractivity contribution in [3.05, 3.63) is 45.5 Å². The number of halogens is 1. The average molecular weight is 291 g/mol. The lowest BCUT2D eigenvalue weighted by molar-refractivity contribution is 1.04. The molecule has 96 valence electrons. The third-order valence-electron chi connectivity index (χ3n) is 2.63. The first-order valence-electron chi connectivity index (χ1n) is 5.79. The molecule has 3 rings (SSSR count). The SMILES string of the molecule is Cc1nc(CNc2nc3ccccc3nc2Cl)cs1. The van der Waals surface area contributed by atoms with E-state index in [9.17, 15) is 0 Å². The van der Waals surface area contributed by atoms with Gasteiger partial charge in [-0.25, -0.2) is 15.0 Å². The summed E-state index contributed by atoms with van der Waals surface area (Å²) in [5, 5.41) is 6.62. The number of aryl methyl sites for hydroxylation is 1. The Labute approximate surface area is 119 Å². The van der Waals surface area contributed by atoms with Crippen molar-refractivity contribution in [2.75, 3.05) is 5.32 Å². The molecule has 0 aliphatic heterocycles. The molecule has 2 aromatic heterocycles. The average Bonchev–Trinajstić information content (AvgIpc) is 2.82. The zero-order chi connectivity index (χ0) is 13.2. The zero-order valence-electron chi connectivity index (χ0n) is 10.2. The van der Waals surface area contributed by atoms with Crippen LogP contribution in [-0.2, 0) is 6.54 Å². The molecule has 0 aliphatic carbocycles. The van der Waals surface area contributed by atoms with Crippen molar-refractivity contribution in [3.63, 3.8) is 0 Å². The van der Waals surface area contributed by atoms with Gasteiger partial charge in [0.25, 0.3) is 0 Å². The molecule has 4 nitrogen and oxygen atoms in total. The molecular formula is C13H11ClN4S. The zero-order valence-corrected chi connectivity index (χ0v) is 11.8. The fraction of sp³-hybridized carbons (Fsp3) is 0.154. The molecule has 0 fully saturated rings. The predicted octanol–water partition coefficient (Wildman–Crippen LogP) is 3.66. The van der Waals surface area contributed by atoms with Crippen molar-refractivity contribution >= 4 is 39.8 Å². The highest BCUT2D eigenvalue weighted by atomic mass is 35.5. The molecule has 2 heterocycles. The van der Waals surface area contributed by atoms with Gasteiger partial charge in [-0.3, -0.25) is 0 Å². The summed E-state index contributed by atoms with van der Waals surface area (Å²) in [5.41, 5.74) is 2.60. The first-order chi connectivity index (χ1) is 9.22. The van der Waals surface area contributed by atoms with Gasteiger partial charge in [-0.15, -0.1) is 11.3 Å². The number of anilines is 1. The highest BCUT2D eigenvalue weighted by Gasteiger charge is 2.07. The summed E-state index contributed by atoms with van der Waals surface area (Å²) in [5.74, 6) is 0.589. The van der Waals surface area contributed by atoms with Gasteiger partial charge in [-0.05, 0) is 19.1 Å². The van der Waals surface area contributed by atoms with Crippen molar-refractivity contribution in [3.8, 4) is 0 Å². The largest absolute Gasteiger partial charge is 0.362 e. The summed E-state index contributed by atoms with van der Waals surface area (Å²) in [6, 6.07) is 7.65. The van der Waals surface area contributed by atoms with Crippen LogP contribution in [0.4, 0.5) is 5.82 Å². The number of hydrogen-bond donors (Lipinski definition) is 1. The Bertz CT molecular complexity index is 725. The Balaban J connectivity index is 1.86. The summed E-state index contributed by atoms with van der Waals surface area (Å²) in [4.78, 5) is 13.2. The van der Waals surface area contributed by atoms with Gasteiger partial charge in [0.2, 0.25) is 0 Å². The minimum Gasteiger partial charge on any atom is -0.362 e. The molecule has 0 bridgehead atoms. The van der Waals surface area contributed by atoms with E-state index >= 15 is 0 Å². The lowest BCUT2D eigenvalue weighted by Crippen LogP contribution is -2.03. The molecule has 1 aromatic carbocycles. The van der Waals surface area contributed by atoms with Gasteiger partial charge in [0.05, 0.1) is 28.3 Å². The van der Waals surface area contributed by atoms with Crippen LogP contribution in [0.1, 0.15) is 10.7 Å². The van der Waals surface area contributed by atoms with Gasteiger partial charge in [0, 0.05) is 5.38 Å². The molecule has 1 N–H and O–H groups in total. The van der Waals surface area contributed by atoms with Crippen molar-refractivity contribution in [1.82, 2.24) is 15.0 Å². The number of nitrogens with zero attached hydrogens (tertiary/aromatic N) is 3. The number of hydrogen-bond acceptors (Lipinski definition) is 5. The van der Waals surface area contributed by atoms with Crippen LogP contribution in [0.2, 0.25) is 5.15 Å². The van der Waals surface area contributed by atoms with Gasteiger partial charge in [0.15, 0.2) is 11.0 Å². The molecule has 0 aliphatic rings. The van der Waals surface area contributed by atoms with E-state index in [-0.39, 0.29) is 0 Å². The summed E-state index contributed by atoms with van der Waals surface area (Å²) >= 11 is 7.75. The van der Waals surface area contributed by atoms with Gasteiger partial charge in [-0.2, -0.15) is 0 Å². The Kier molecular flexibility index (Phi) is 3.31. The van der Waals surface area contributed by atoms with Crippen molar-refractivity contribution < 1.29 is 0 Å². The summed E-state index contributed by atoms with van der Waals surface area (Å²) < 4.78 is 0. The Morgan fingerprint density at radius 1 is 1.16 bits per heavy atom. The van der Waals surface area contributed by atoms with E-state index in [1.807, 2.05) is 36.6 Å². The van der Waals surface area contributed by atoms with E-state index < -0.39 is 0 Å². The minimum atomic E-state index is 0.380. The Morgan fingerprint density at radius 2 is 1.89 bits per heavy atom. The molecule has 0 amide bonds. The Morgan fingerprint density at radius 3 is 2.58 bits per heavy atom. The van der Waals surface area contributed by atoms with E-state index in [4.69, 9.17) is 11.6 Å². The molecule has 0 unspecified atom stereocenters. The maximum absolute atomic E-state index is 6.12. The number of thiazole rings is 1. The van der Waals surface area contributed by atoms with Crippen LogP contribution in [0.25, 0.3) is 11.0 Å². The monoisotopic (exact) mass is 290 g/mol. The fourth-order valence-electron chi connectivity index (χ4n) is 1.75. The molecule has 19 heavy (non-hydrogen) atoms. The number of aromatic nitrogens is 3. The first kappa shape index (κ1) is 12.3. The highest BCUT2D eigenvalue weighted by Crippen LogP contribution is 2.21. The third-order valence-corrected chi connectivity index (χ3v) is 3.72. The molecule has 3 aromatic rings.